The summed E-state index contributed by atoms with van der Waals surface area (Å²) < 4.78 is 10.4. The molecule has 3 rings (SSSR count). The van der Waals surface area contributed by atoms with E-state index in [9.17, 15) is 4.79 Å². The summed E-state index contributed by atoms with van der Waals surface area (Å²) in [5.41, 5.74) is 1.40. The molecule has 0 unspecified atom stereocenters. The average Bonchev–Trinajstić information content (AvgIpc) is 3.15. The maximum Gasteiger partial charge on any atom is 0.257 e. The van der Waals surface area contributed by atoms with E-state index >= 15 is 0 Å². The molecule has 2 aromatic carbocycles. The lowest BCUT2D eigenvalue weighted by Gasteiger charge is -2.16. The lowest BCUT2D eigenvalue weighted by molar-refractivity contribution is 0.0795. The minimum atomic E-state index is -0.0749. The summed E-state index contributed by atoms with van der Waals surface area (Å²) in [6, 6.07) is 14.2. The highest BCUT2D eigenvalue weighted by Gasteiger charge is 2.14. The predicted molar refractivity (Wildman–Crippen MR) is 98.4 cm³/mol. The molecular weight excluding hydrogens is 354 g/mol. The standard InChI is InChI=1S/C19H18ClN3O3/c1-23(19(24)14-5-9-16(25-2)10-6-14)12-11-17-21-18(26-22-17)13-3-7-15(20)8-4-13/h3-10H,11-12H2,1-2H3. The van der Waals surface area contributed by atoms with Crippen LogP contribution in [0.3, 0.4) is 0 Å². The Morgan fingerprint density at radius 1 is 1.15 bits per heavy atom. The number of carbonyl (C=O) groups excluding carboxylic acids is 1. The second-order valence-corrected chi connectivity index (χ2v) is 6.16. The van der Waals surface area contributed by atoms with E-state index in [1.807, 2.05) is 12.1 Å². The Hall–Kier alpha value is -2.86. The van der Waals surface area contributed by atoms with Crippen molar-refractivity contribution in [2.24, 2.45) is 0 Å². The van der Waals surface area contributed by atoms with Gasteiger partial charge in [-0.1, -0.05) is 16.8 Å². The van der Waals surface area contributed by atoms with Crippen LogP contribution in [-0.4, -0.2) is 41.6 Å². The summed E-state index contributed by atoms with van der Waals surface area (Å²) >= 11 is 5.87. The first-order chi connectivity index (χ1) is 12.6. The molecule has 0 N–H and O–H groups in total. The highest BCUT2D eigenvalue weighted by Crippen LogP contribution is 2.20. The highest BCUT2D eigenvalue weighted by atomic mass is 35.5. The fourth-order valence-corrected chi connectivity index (χ4v) is 2.51. The van der Waals surface area contributed by atoms with Crippen LogP contribution in [0.4, 0.5) is 0 Å². The van der Waals surface area contributed by atoms with Gasteiger partial charge in [0.1, 0.15) is 5.75 Å². The van der Waals surface area contributed by atoms with Crippen LogP contribution < -0.4 is 4.74 Å². The topological polar surface area (TPSA) is 68.5 Å². The van der Waals surface area contributed by atoms with Crippen LogP contribution >= 0.6 is 11.6 Å². The summed E-state index contributed by atoms with van der Waals surface area (Å²) in [6.45, 7) is 0.477. The Kier molecular flexibility index (Phi) is 5.53. The van der Waals surface area contributed by atoms with Gasteiger partial charge < -0.3 is 14.2 Å². The maximum absolute atomic E-state index is 12.4. The van der Waals surface area contributed by atoms with Gasteiger partial charge in [-0.25, -0.2) is 0 Å². The van der Waals surface area contributed by atoms with Crippen molar-refractivity contribution < 1.29 is 14.1 Å². The lowest BCUT2D eigenvalue weighted by atomic mass is 10.2. The highest BCUT2D eigenvalue weighted by molar-refractivity contribution is 6.30. The van der Waals surface area contributed by atoms with Crippen molar-refractivity contribution in [3.63, 3.8) is 0 Å². The van der Waals surface area contributed by atoms with Gasteiger partial charge in [0.15, 0.2) is 5.82 Å². The SMILES string of the molecule is COc1ccc(C(=O)N(C)CCc2noc(-c3ccc(Cl)cc3)n2)cc1. The molecule has 1 aromatic heterocycles. The number of ether oxygens (including phenoxy) is 1. The van der Waals surface area contributed by atoms with E-state index in [4.69, 9.17) is 20.9 Å². The Morgan fingerprint density at radius 3 is 2.50 bits per heavy atom. The molecule has 1 heterocycles. The maximum atomic E-state index is 12.4. The van der Waals surface area contributed by atoms with Gasteiger partial charge in [-0.15, -0.1) is 0 Å². The van der Waals surface area contributed by atoms with Gasteiger partial charge in [0.25, 0.3) is 11.8 Å². The molecule has 0 saturated heterocycles. The number of likely N-dealkylation sites (N-methyl/N-ethyl adjacent to an activating group) is 1. The molecule has 26 heavy (non-hydrogen) atoms. The van der Waals surface area contributed by atoms with Gasteiger partial charge >= 0.3 is 0 Å². The fourth-order valence-electron chi connectivity index (χ4n) is 2.39. The van der Waals surface area contributed by atoms with Crippen LogP contribution in [0, 0.1) is 0 Å². The van der Waals surface area contributed by atoms with E-state index in [-0.39, 0.29) is 5.91 Å². The van der Waals surface area contributed by atoms with Crippen LogP contribution in [0.15, 0.2) is 53.1 Å². The molecule has 134 valence electrons. The van der Waals surface area contributed by atoms with Crippen molar-refractivity contribution >= 4 is 17.5 Å². The summed E-state index contributed by atoms with van der Waals surface area (Å²) in [5.74, 6) is 1.62. The number of hydrogen-bond donors (Lipinski definition) is 0. The summed E-state index contributed by atoms with van der Waals surface area (Å²) in [7, 11) is 3.33. The smallest absolute Gasteiger partial charge is 0.257 e. The van der Waals surface area contributed by atoms with Crippen molar-refractivity contribution in [2.45, 2.75) is 6.42 Å². The third kappa shape index (κ3) is 4.21. The number of nitrogens with zero attached hydrogens (tertiary/aromatic N) is 3. The second-order valence-electron chi connectivity index (χ2n) is 5.73. The number of halogens is 1. The van der Waals surface area contributed by atoms with E-state index in [0.29, 0.717) is 41.0 Å². The number of carbonyl (C=O) groups is 1. The lowest BCUT2D eigenvalue weighted by Crippen LogP contribution is -2.29. The fraction of sp³-hybridized carbons (Fsp3) is 0.211. The van der Waals surface area contributed by atoms with Crippen LogP contribution in [-0.2, 0) is 6.42 Å². The summed E-state index contributed by atoms with van der Waals surface area (Å²) in [5, 5.41) is 4.61. The van der Waals surface area contributed by atoms with Crippen LogP contribution in [0.5, 0.6) is 5.75 Å². The van der Waals surface area contributed by atoms with Crippen molar-refractivity contribution in [1.82, 2.24) is 15.0 Å². The van der Waals surface area contributed by atoms with Crippen LogP contribution in [0.1, 0.15) is 16.2 Å². The van der Waals surface area contributed by atoms with E-state index in [0.717, 1.165) is 5.56 Å². The molecule has 0 aliphatic heterocycles. The Morgan fingerprint density at radius 2 is 1.85 bits per heavy atom. The monoisotopic (exact) mass is 371 g/mol. The Balaban J connectivity index is 1.59. The minimum absolute atomic E-state index is 0.0749. The first-order valence-electron chi connectivity index (χ1n) is 8.05. The number of benzene rings is 2. The molecule has 0 bridgehead atoms. The second kappa shape index (κ2) is 8.01. The third-order valence-electron chi connectivity index (χ3n) is 3.91. The predicted octanol–water partition coefficient (Wildman–Crippen LogP) is 3.71. The average molecular weight is 372 g/mol. The van der Waals surface area contributed by atoms with Gasteiger partial charge in [0, 0.05) is 36.2 Å². The quantitative estimate of drug-likeness (QED) is 0.660. The van der Waals surface area contributed by atoms with Crippen molar-refractivity contribution in [3.05, 3.63) is 64.9 Å². The van der Waals surface area contributed by atoms with Gasteiger partial charge in [0.2, 0.25) is 0 Å². The molecule has 0 aliphatic rings. The number of rotatable bonds is 6. The summed E-state index contributed by atoms with van der Waals surface area (Å²) in [6.07, 6.45) is 0.496. The molecule has 7 heteroatoms. The van der Waals surface area contributed by atoms with Gasteiger partial charge in [-0.3, -0.25) is 4.79 Å². The number of methoxy groups -OCH3 is 1. The molecule has 0 atom stereocenters. The first-order valence-corrected chi connectivity index (χ1v) is 8.42. The van der Waals surface area contributed by atoms with Crippen LogP contribution in [0.2, 0.25) is 5.02 Å². The number of hydrogen-bond acceptors (Lipinski definition) is 5. The largest absolute Gasteiger partial charge is 0.497 e. The molecule has 0 aliphatic carbocycles. The molecule has 0 saturated carbocycles. The Bertz CT molecular complexity index is 876. The van der Waals surface area contributed by atoms with Crippen molar-refractivity contribution in [2.75, 3.05) is 20.7 Å². The van der Waals surface area contributed by atoms with Gasteiger partial charge in [-0.05, 0) is 48.5 Å². The zero-order chi connectivity index (χ0) is 18.5. The van der Waals surface area contributed by atoms with E-state index in [2.05, 4.69) is 10.1 Å². The third-order valence-corrected chi connectivity index (χ3v) is 4.17. The van der Waals surface area contributed by atoms with Crippen LogP contribution in [0.25, 0.3) is 11.5 Å². The van der Waals surface area contributed by atoms with Gasteiger partial charge in [0.05, 0.1) is 7.11 Å². The Labute approximate surface area is 156 Å². The number of aromatic nitrogens is 2. The van der Waals surface area contributed by atoms with Gasteiger partial charge in [-0.2, -0.15) is 4.98 Å². The first kappa shape index (κ1) is 17.9. The molecule has 0 spiro atoms. The normalized spacial score (nSPS) is 10.6. The van der Waals surface area contributed by atoms with E-state index < -0.39 is 0 Å². The minimum Gasteiger partial charge on any atom is -0.497 e. The molecular formula is C19H18ClN3O3. The zero-order valence-corrected chi connectivity index (χ0v) is 15.2. The number of amides is 1. The molecule has 1 amide bonds. The molecule has 0 radical (unpaired) electrons. The summed E-state index contributed by atoms with van der Waals surface area (Å²) in [4.78, 5) is 18.4. The van der Waals surface area contributed by atoms with E-state index in [1.165, 1.54) is 0 Å². The molecule has 0 fully saturated rings. The van der Waals surface area contributed by atoms with E-state index in [1.54, 1.807) is 55.5 Å². The van der Waals surface area contributed by atoms with Crippen molar-refractivity contribution in [1.29, 1.82) is 0 Å². The zero-order valence-electron chi connectivity index (χ0n) is 14.5. The molecule has 3 aromatic rings. The van der Waals surface area contributed by atoms with Crippen molar-refractivity contribution in [3.8, 4) is 17.2 Å². The molecule has 6 nitrogen and oxygen atoms in total.